The fourth-order valence-electron chi connectivity index (χ4n) is 2.10. The smallest absolute Gasteiger partial charge is 0.318 e. The molecule has 4 heteroatoms. The van der Waals surface area contributed by atoms with Crippen LogP contribution in [0.15, 0.2) is 0 Å². The number of hydrogen-bond donors (Lipinski definition) is 1. The number of ketones is 1. The number of rotatable bonds is 4. The van der Waals surface area contributed by atoms with Gasteiger partial charge in [-0.1, -0.05) is 27.7 Å². The van der Waals surface area contributed by atoms with Crippen LogP contribution in [0.5, 0.6) is 0 Å². The summed E-state index contributed by atoms with van der Waals surface area (Å²) in [6.45, 7) is 9.17. The molecular formula is C12H22N2O2. The summed E-state index contributed by atoms with van der Waals surface area (Å²) < 4.78 is 0. The molecule has 92 valence electrons. The second-order valence-electron chi connectivity index (χ2n) is 5.02. The molecule has 2 amide bonds. The predicted molar refractivity (Wildman–Crippen MR) is 63.2 cm³/mol. The lowest BCUT2D eigenvalue weighted by atomic mass is 9.91. The minimum absolute atomic E-state index is 0.0258. The van der Waals surface area contributed by atoms with Crippen molar-refractivity contribution in [3.05, 3.63) is 0 Å². The second-order valence-corrected chi connectivity index (χ2v) is 5.02. The molecule has 16 heavy (non-hydrogen) atoms. The van der Waals surface area contributed by atoms with Gasteiger partial charge < -0.3 is 10.2 Å². The van der Waals surface area contributed by atoms with E-state index >= 15 is 0 Å². The summed E-state index contributed by atoms with van der Waals surface area (Å²) in [7, 11) is 0. The minimum atomic E-state index is -0.278. The van der Waals surface area contributed by atoms with Gasteiger partial charge in [-0.25, -0.2) is 4.79 Å². The Hall–Kier alpha value is -1.06. The zero-order valence-corrected chi connectivity index (χ0v) is 10.6. The van der Waals surface area contributed by atoms with Crippen LogP contribution in [0.25, 0.3) is 0 Å². The largest absolute Gasteiger partial charge is 0.338 e. The number of carbonyl (C=O) groups excluding carboxylic acids is 2. The lowest BCUT2D eigenvalue weighted by molar-refractivity contribution is -0.127. The molecule has 1 aliphatic rings. The molecule has 0 spiro atoms. The molecule has 0 saturated carbocycles. The van der Waals surface area contributed by atoms with Crippen molar-refractivity contribution in [2.24, 2.45) is 11.8 Å². The first-order valence-corrected chi connectivity index (χ1v) is 6.03. The SMILES string of the molecule is CC(C)C(=O)C(C(C)C)N1CCCNC1=O. The van der Waals surface area contributed by atoms with E-state index in [1.165, 1.54) is 0 Å². The first-order valence-electron chi connectivity index (χ1n) is 6.03. The Morgan fingerprint density at radius 1 is 1.31 bits per heavy atom. The molecule has 1 N–H and O–H groups in total. The van der Waals surface area contributed by atoms with Gasteiger partial charge in [0.05, 0.1) is 6.04 Å². The van der Waals surface area contributed by atoms with Gasteiger partial charge in [0.2, 0.25) is 0 Å². The molecule has 0 aromatic heterocycles. The van der Waals surface area contributed by atoms with Crippen LogP contribution in [0.1, 0.15) is 34.1 Å². The van der Waals surface area contributed by atoms with E-state index in [2.05, 4.69) is 5.32 Å². The molecular weight excluding hydrogens is 204 g/mol. The highest BCUT2D eigenvalue weighted by molar-refractivity contribution is 5.90. The van der Waals surface area contributed by atoms with Crippen LogP contribution in [-0.4, -0.2) is 35.8 Å². The number of carbonyl (C=O) groups is 2. The normalized spacial score (nSPS) is 18.9. The second kappa shape index (κ2) is 5.32. The molecule has 1 unspecified atom stereocenters. The Kier molecular flexibility index (Phi) is 4.33. The fourth-order valence-corrected chi connectivity index (χ4v) is 2.10. The number of nitrogens with one attached hydrogen (secondary N) is 1. The average Bonchev–Trinajstić information content (AvgIpc) is 2.20. The Labute approximate surface area is 97.4 Å². The zero-order chi connectivity index (χ0) is 12.3. The summed E-state index contributed by atoms with van der Waals surface area (Å²) in [4.78, 5) is 25.5. The van der Waals surface area contributed by atoms with Crippen molar-refractivity contribution in [3.8, 4) is 0 Å². The van der Waals surface area contributed by atoms with E-state index < -0.39 is 0 Å². The maximum Gasteiger partial charge on any atom is 0.318 e. The number of amides is 2. The Morgan fingerprint density at radius 3 is 2.38 bits per heavy atom. The first kappa shape index (κ1) is 13.0. The quantitative estimate of drug-likeness (QED) is 0.792. The highest BCUT2D eigenvalue weighted by Crippen LogP contribution is 2.18. The van der Waals surface area contributed by atoms with E-state index in [0.29, 0.717) is 6.54 Å². The van der Waals surface area contributed by atoms with Gasteiger partial charge in [-0.2, -0.15) is 0 Å². The van der Waals surface area contributed by atoms with E-state index in [1.54, 1.807) is 4.90 Å². The van der Waals surface area contributed by atoms with Gasteiger partial charge in [0.25, 0.3) is 0 Å². The maximum absolute atomic E-state index is 12.1. The maximum atomic E-state index is 12.1. The van der Waals surface area contributed by atoms with Crippen LogP contribution in [0.3, 0.4) is 0 Å². The van der Waals surface area contributed by atoms with Crippen LogP contribution in [0, 0.1) is 11.8 Å². The Balaban J connectivity index is 2.84. The van der Waals surface area contributed by atoms with Crippen LogP contribution >= 0.6 is 0 Å². The van der Waals surface area contributed by atoms with E-state index in [9.17, 15) is 9.59 Å². The molecule has 0 bridgehead atoms. The van der Waals surface area contributed by atoms with Gasteiger partial charge in [0.15, 0.2) is 5.78 Å². The topological polar surface area (TPSA) is 49.4 Å². The van der Waals surface area contributed by atoms with Crippen LogP contribution in [0.2, 0.25) is 0 Å². The van der Waals surface area contributed by atoms with Crippen molar-refractivity contribution >= 4 is 11.8 Å². The van der Waals surface area contributed by atoms with Gasteiger partial charge in [-0.15, -0.1) is 0 Å². The lowest BCUT2D eigenvalue weighted by Gasteiger charge is -2.36. The van der Waals surface area contributed by atoms with Crippen molar-refractivity contribution in [2.45, 2.75) is 40.2 Å². The van der Waals surface area contributed by atoms with Gasteiger partial charge in [0.1, 0.15) is 0 Å². The summed E-state index contributed by atoms with van der Waals surface area (Å²) in [5.74, 6) is 0.299. The van der Waals surface area contributed by atoms with Crippen molar-refractivity contribution < 1.29 is 9.59 Å². The first-order chi connectivity index (χ1) is 7.45. The fraction of sp³-hybridized carbons (Fsp3) is 0.833. The standard InChI is InChI=1S/C12H22N2O2/c1-8(2)10(11(15)9(3)4)14-7-5-6-13-12(14)16/h8-10H,5-7H2,1-4H3,(H,13,16). The Morgan fingerprint density at radius 2 is 1.94 bits per heavy atom. The summed E-state index contributed by atoms with van der Waals surface area (Å²) in [6.07, 6.45) is 0.917. The summed E-state index contributed by atoms with van der Waals surface area (Å²) in [5, 5.41) is 2.80. The molecule has 4 nitrogen and oxygen atoms in total. The molecule has 1 rings (SSSR count). The third-order valence-corrected chi connectivity index (χ3v) is 2.94. The van der Waals surface area contributed by atoms with Crippen molar-refractivity contribution in [3.63, 3.8) is 0 Å². The highest BCUT2D eigenvalue weighted by atomic mass is 16.2. The molecule has 1 saturated heterocycles. The highest BCUT2D eigenvalue weighted by Gasteiger charge is 2.34. The molecule has 1 aliphatic heterocycles. The summed E-state index contributed by atoms with van der Waals surface area (Å²) in [6, 6.07) is -0.376. The van der Waals surface area contributed by atoms with E-state index in [0.717, 1.165) is 13.0 Å². The molecule has 0 aromatic carbocycles. The number of hydrogen-bond acceptors (Lipinski definition) is 2. The van der Waals surface area contributed by atoms with Crippen LogP contribution in [-0.2, 0) is 4.79 Å². The van der Waals surface area contributed by atoms with Crippen molar-refractivity contribution in [2.75, 3.05) is 13.1 Å². The third kappa shape index (κ3) is 2.74. The predicted octanol–water partition coefficient (Wildman–Crippen LogP) is 1.65. The van der Waals surface area contributed by atoms with Gasteiger partial charge >= 0.3 is 6.03 Å². The van der Waals surface area contributed by atoms with Gasteiger partial charge in [0, 0.05) is 19.0 Å². The molecule has 0 aromatic rings. The summed E-state index contributed by atoms with van der Waals surface area (Å²) in [5.41, 5.74) is 0. The summed E-state index contributed by atoms with van der Waals surface area (Å²) >= 11 is 0. The van der Waals surface area contributed by atoms with Crippen molar-refractivity contribution in [1.82, 2.24) is 10.2 Å². The molecule has 0 aliphatic carbocycles. The monoisotopic (exact) mass is 226 g/mol. The molecule has 1 fully saturated rings. The molecule has 1 atom stereocenters. The van der Waals surface area contributed by atoms with Crippen molar-refractivity contribution in [1.29, 1.82) is 0 Å². The number of nitrogens with zero attached hydrogens (tertiary/aromatic N) is 1. The lowest BCUT2D eigenvalue weighted by Crippen LogP contribution is -2.56. The van der Waals surface area contributed by atoms with E-state index in [1.807, 2.05) is 27.7 Å². The number of Topliss-reactive ketones (excluding diaryl/α,β-unsaturated/α-hetero) is 1. The van der Waals surface area contributed by atoms with E-state index in [-0.39, 0.29) is 29.7 Å². The Bertz CT molecular complexity index is 274. The molecule has 1 heterocycles. The zero-order valence-electron chi connectivity index (χ0n) is 10.6. The van der Waals surface area contributed by atoms with Crippen LogP contribution in [0.4, 0.5) is 4.79 Å². The van der Waals surface area contributed by atoms with Crippen LogP contribution < -0.4 is 5.32 Å². The van der Waals surface area contributed by atoms with Gasteiger partial charge in [-0.3, -0.25) is 4.79 Å². The third-order valence-electron chi connectivity index (χ3n) is 2.94. The van der Waals surface area contributed by atoms with E-state index in [4.69, 9.17) is 0 Å². The number of urea groups is 1. The molecule has 0 radical (unpaired) electrons. The average molecular weight is 226 g/mol. The minimum Gasteiger partial charge on any atom is -0.338 e. The van der Waals surface area contributed by atoms with Gasteiger partial charge in [-0.05, 0) is 12.3 Å².